The highest BCUT2D eigenvalue weighted by molar-refractivity contribution is 6.87. The minimum atomic E-state index is -1.34. The average molecular weight is 333 g/mol. The van der Waals surface area contributed by atoms with Gasteiger partial charge in [-0.05, 0) is 29.3 Å². The smallest absolute Gasteiger partial charge is 0.0783 e. The number of rotatable bonds is 3. The van der Waals surface area contributed by atoms with E-state index in [1.54, 1.807) is 10.4 Å². The molecule has 0 aliphatic heterocycles. The molecule has 1 aliphatic carbocycles. The Morgan fingerprint density at radius 3 is 1.86 bits per heavy atom. The second kappa shape index (κ2) is 5.75. The molecule has 0 nitrogen and oxygen atoms in total. The first kappa shape index (κ1) is 16.5. The average Bonchev–Trinajstić information content (AvgIpc) is 2.75. The Kier molecular flexibility index (Phi) is 4.53. The molecular formula is C18H25ClSi2. The maximum Gasteiger partial charge on any atom is 0.0783 e. The quantitative estimate of drug-likeness (QED) is 0.566. The van der Waals surface area contributed by atoms with Crippen LogP contribution < -0.4 is 0 Å². The van der Waals surface area contributed by atoms with E-state index in [0.29, 0.717) is 0 Å². The molecule has 112 valence electrons. The molecule has 2 rings (SSSR count). The van der Waals surface area contributed by atoms with Gasteiger partial charge in [0.15, 0.2) is 0 Å². The number of hydrogen-bond acceptors (Lipinski definition) is 0. The van der Waals surface area contributed by atoms with Crippen LogP contribution in [0, 0.1) is 0 Å². The van der Waals surface area contributed by atoms with E-state index in [0.717, 1.165) is 5.02 Å². The number of hydrogen-bond donors (Lipinski definition) is 0. The number of benzene rings is 1. The van der Waals surface area contributed by atoms with E-state index in [1.165, 1.54) is 11.1 Å². The van der Waals surface area contributed by atoms with E-state index < -0.39 is 16.1 Å². The van der Waals surface area contributed by atoms with E-state index >= 15 is 0 Å². The zero-order valence-corrected chi connectivity index (χ0v) is 16.7. The zero-order chi connectivity index (χ0) is 15.8. The Morgan fingerprint density at radius 1 is 0.810 bits per heavy atom. The van der Waals surface area contributed by atoms with Gasteiger partial charge in [-0.1, -0.05) is 85.6 Å². The Hall–Kier alpha value is -0.836. The summed E-state index contributed by atoms with van der Waals surface area (Å²) in [6.07, 6.45) is 7.22. The van der Waals surface area contributed by atoms with Crippen LogP contribution in [0.4, 0.5) is 0 Å². The highest BCUT2D eigenvalue weighted by Gasteiger charge is 2.29. The number of allylic oxidation sites excluding steroid dienone is 5. The maximum absolute atomic E-state index is 5.98. The molecule has 0 unspecified atom stereocenters. The molecule has 0 amide bonds. The lowest BCUT2D eigenvalue weighted by Gasteiger charge is -2.20. The largest absolute Gasteiger partial charge is 0.0843 e. The SMILES string of the molecule is C[Si](C)(C)C1=C/C(=C\c2ccc(Cl)cc2)C([Si](C)(C)C)=C1. The fourth-order valence-corrected chi connectivity index (χ4v) is 5.50. The summed E-state index contributed by atoms with van der Waals surface area (Å²) in [6.45, 7) is 14.5. The Morgan fingerprint density at radius 2 is 1.38 bits per heavy atom. The van der Waals surface area contributed by atoms with Crippen molar-refractivity contribution in [3.05, 3.63) is 63.0 Å². The van der Waals surface area contributed by atoms with E-state index in [-0.39, 0.29) is 0 Å². The molecule has 21 heavy (non-hydrogen) atoms. The van der Waals surface area contributed by atoms with Crippen molar-refractivity contribution in [2.45, 2.75) is 39.3 Å². The van der Waals surface area contributed by atoms with E-state index in [2.05, 4.69) is 69.6 Å². The Balaban J connectivity index is 2.47. The van der Waals surface area contributed by atoms with Crippen molar-refractivity contribution in [3.63, 3.8) is 0 Å². The third-order valence-electron chi connectivity index (χ3n) is 3.79. The van der Waals surface area contributed by atoms with Gasteiger partial charge in [-0.15, -0.1) is 0 Å². The molecule has 1 aliphatic rings. The summed E-state index contributed by atoms with van der Waals surface area (Å²) in [5.74, 6) is 0. The predicted molar refractivity (Wildman–Crippen MR) is 102 cm³/mol. The number of halogens is 1. The summed E-state index contributed by atoms with van der Waals surface area (Å²) < 4.78 is 0. The lowest BCUT2D eigenvalue weighted by atomic mass is 10.1. The Labute approximate surface area is 136 Å². The summed E-state index contributed by atoms with van der Waals surface area (Å²) in [5, 5.41) is 3.94. The molecule has 0 fully saturated rings. The van der Waals surface area contributed by atoms with Crippen molar-refractivity contribution >= 4 is 33.8 Å². The van der Waals surface area contributed by atoms with Crippen LogP contribution in [-0.2, 0) is 0 Å². The Bertz CT molecular complexity index is 621. The van der Waals surface area contributed by atoms with Crippen molar-refractivity contribution in [3.8, 4) is 0 Å². The fraction of sp³-hybridized carbons (Fsp3) is 0.333. The third kappa shape index (κ3) is 4.09. The summed E-state index contributed by atoms with van der Waals surface area (Å²) in [5.41, 5.74) is 2.64. The normalized spacial score (nSPS) is 18.0. The molecule has 0 bridgehead atoms. The topological polar surface area (TPSA) is 0 Å². The molecule has 0 saturated carbocycles. The maximum atomic E-state index is 5.98. The van der Waals surface area contributed by atoms with Crippen LogP contribution >= 0.6 is 11.6 Å². The van der Waals surface area contributed by atoms with Gasteiger partial charge in [0.2, 0.25) is 0 Å². The van der Waals surface area contributed by atoms with Crippen molar-refractivity contribution < 1.29 is 0 Å². The molecule has 0 radical (unpaired) electrons. The van der Waals surface area contributed by atoms with Gasteiger partial charge < -0.3 is 0 Å². The minimum absolute atomic E-state index is 0.794. The summed E-state index contributed by atoms with van der Waals surface area (Å²) in [6, 6.07) is 8.11. The lowest BCUT2D eigenvalue weighted by Crippen LogP contribution is -2.25. The van der Waals surface area contributed by atoms with E-state index in [9.17, 15) is 0 Å². The lowest BCUT2D eigenvalue weighted by molar-refractivity contribution is 1.59. The van der Waals surface area contributed by atoms with Crippen LogP contribution in [0.3, 0.4) is 0 Å². The van der Waals surface area contributed by atoms with Crippen molar-refractivity contribution in [1.82, 2.24) is 0 Å². The van der Waals surface area contributed by atoms with Gasteiger partial charge in [-0.3, -0.25) is 0 Å². The summed E-state index contributed by atoms with van der Waals surface area (Å²) in [4.78, 5) is 0. The molecule has 0 aromatic heterocycles. The van der Waals surface area contributed by atoms with Crippen LogP contribution in [0.25, 0.3) is 6.08 Å². The van der Waals surface area contributed by atoms with Gasteiger partial charge in [0.05, 0.1) is 16.1 Å². The zero-order valence-electron chi connectivity index (χ0n) is 13.9. The van der Waals surface area contributed by atoms with Gasteiger partial charge in [0.1, 0.15) is 0 Å². The van der Waals surface area contributed by atoms with E-state index in [4.69, 9.17) is 11.6 Å². The molecule has 0 spiro atoms. The monoisotopic (exact) mass is 332 g/mol. The second-order valence-electron chi connectivity index (χ2n) is 7.81. The molecule has 1 aromatic carbocycles. The van der Waals surface area contributed by atoms with Gasteiger partial charge in [0.25, 0.3) is 0 Å². The summed E-state index contributed by atoms with van der Waals surface area (Å²) >= 11 is 5.98. The summed E-state index contributed by atoms with van der Waals surface area (Å²) in [7, 11) is -2.60. The second-order valence-corrected chi connectivity index (χ2v) is 18.4. The highest BCUT2D eigenvalue weighted by Crippen LogP contribution is 2.36. The van der Waals surface area contributed by atoms with Gasteiger partial charge in [-0.25, -0.2) is 0 Å². The molecular weight excluding hydrogens is 308 g/mol. The van der Waals surface area contributed by atoms with Gasteiger partial charge in [0, 0.05) is 5.02 Å². The first-order valence-electron chi connectivity index (χ1n) is 7.49. The first-order valence-corrected chi connectivity index (χ1v) is 14.9. The molecule has 1 aromatic rings. The van der Waals surface area contributed by atoms with Crippen molar-refractivity contribution in [2.75, 3.05) is 0 Å². The fourth-order valence-electron chi connectivity index (χ4n) is 2.47. The van der Waals surface area contributed by atoms with Crippen molar-refractivity contribution in [2.24, 2.45) is 0 Å². The van der Waals surface area contributed by atoms with Crippen molar-refractivity contribution in [1.29, 1.82) is 0 Å². The van der Waals surface area contributed by atoms with Gasteiger partial charge >= 0.3 is 0 Å². The molecule has 0 N–H and O–H groups in total. The standard InChI is InChI=1S/C18H25ClSi2/c1-20(2,3)17-12-15(18(13-17)21(4,5)6)11-14-7-9-16(19)10-8-14/h7-13H,1-6H3/b15-11+. The first-order chi connectivity index (χ1) is 9.57. The van der Waals surface area contributed by atoms with Crippen LogP contribution in [0.1, 0.15) is 5.56 Å². The van der Waals surface area contributed by atoms with Crippen LogP contribution in [-0.4, -0.2) is 16.1 Å². The van der Waals surface area contributed by atoms with E-state index in [1.807, 2.05) is 12.1 Å². The highest BCUT2D eigenvalue weighted by atomic mass is 35.5. The molecule has 0 atom stereocenters. The third-order valence-corrected chi connectivity index (χ3v) is 8.11. The molecule has 3 heteroatoms. The minimum Gasteiger partial charge on any atom is -0.0843 e. The molecule has 0 saturated heterocycles. The van der Waals surface area contributed by atoms with Gasteiger partial charge in [-0.2, -0.15) is 0 Å². The van der Waals surface area contributed by atoms with Crippen LogP contribution in [0.2, 0.25) is 44.3 Å². The van der Waals surface area contributed by atoms with Crippen LogP contribution in [0.5, 0.6) is 0 Å². The predicted octanol–water partition coefficient (Wildman–Crippen LogP) is 6.34. The molecule has 0 heterocycles. The van der Waals surface area contributed by atoms with Crippen LogP contribution in [0.15, 0.2) is 52.4 Å².